The summed E-state index contributed by atoms with van der Waals surface area (Å²) < 4.78 is 0. The van der Waals surface area contributed by atoms with Crippen molar-refractivity contribution in [3.63, 3.8) is 0 Å². The van der Waals surface area contributed by atoms with Crippen molar-refractivity contribution in [1.29, 1.82) is 0 Å². The Balaban J connectivity index is 2.33. The minimum absolute atomic E-state index is 0.703. The molecule has 0 aromatic heterocycles. The van der Waals surface area contributed by atoms with Crippen molar-refractivity contribution in [2.45, 2.75) is 0 Å². The van der Waals surface area contributed by atoms with Gasteiger partial charge in [-0.15, -0.1) is 6.58 Å². The van der Waals surface area contributed by atoms with Crippen molar-refractivity contribution in [2.75, 3.05) is 6.54 Å². The Labute approximate surface area is 66.9 Å². The van der Waals surface area contributed by atoms with E-state index in [0.717, 1.165) is 5.69 Å². The highest BCUT2D eigenvalue weighted by molar-refractivity contribution is 5.33. The Kier molecular flexibility index (Phi) is 3.22. The maximum absolute atomic E-state index is 4.07. The van der Waals surface area contributed by atoms with E-state index in [1.165, 1.54) is 0 Å². The molecule has 0 aliphatic carbocycles. The summed E-state index contributed by atoms with van der Waals surface area (Å²) in [6.45, 7) is 4.27. The number of benzene rings is 1. The van der Waals surface area contributed by atoms with Crippen LogP contribution in [-0.2, 0) is 0 Å². The Hall–Kier alpha value is -1.28. The molecule has 57 valence electrons. The van der Waals surface area contributed by atoms with Gasteiger partial charge >= 0.3 is 0 Å². The maximum atomic E-state index is 4.07. The molecule has 0 heterocycles. The SMILES string of the molecule is C=CCN[N]c1ccccc1. The van der Waals surface area contributed by atoms with Gasteiger partial charge in [0.1, 0.15) is 0 Å². The van der Waals surface area contributed by atoms with Gasteiger partial charge in [-0.25, -0.2) is 10.9 Å². The average Bonchev–Trinajstić information content (AvgIpc) is 2.07. The molecule has 1 N–H and O–H groups in total. The lowest BCUT2D eigenvalue weighted by Crippen LogP contribution is -2.19. The van der Waals surface area contributed by atoms with Crippen LogP contribution < -0.4 is 10.9 Å². The minimum Gasteiger partial charge on any atom is -0.210 e. The lowest BCUT2D eigenvalue weighted by molar-refractivity contribution is 0.678. The van der Waals surface area contributed by atoms with Gasteiger partial charge in [-0.05, 0) is 12.1 Å². The summed E-state index contributed by atoms with van der Waals surface area (Å²) in [5.74, 6) is 0. The third-order valence-electron chi connectivity index (χ3n) is 1.20. The van der Waals surface area contributed by atoms with Crippen LogP contribution in [0, 0.1) is 0 Å². The highest BCUT2D eigenvalue weighted by Crippen LogP contribution is 2.02. The summed E-state index contributed by atoms with van der Waals surface area (Å²) >= 11 is 0. The monoisotopic (exact) mass is 147 g/mol. The van der Waals surface area contributed by atoms with Gasteiger partial charge in [0.25, 0.3) is 0 Å². The Morgan fingerprint density at radius 1 is 1.36 bits per heavy atom. The molecule has 0 amide bonds. The first-order valence-electron chi connectivity index (χ1n) is 3.53. The molecular weight excluding hydrogens is 136 g/mol. The van der Waals surface area contributed by atoms with E-state index in [9.17, 15) is 0 Å². The van der Waals surface area contributed by atoms with Crippen molar-refractivity contribution in [2.24, 2.45) is 0 Å². The Bertz CT molecular complexity index is 206. The molecule has 0 fully saturated rings. The highest BCUT2D eigenvalue weighted by atomic mass is 15.3. The van der Waals surface area contributed by atoms with Crippen molar-refractivity contribution in [3.8, 4) is 0 Å². The molecule has 2 nitrogen and oxygen atoms in total. The molecule has 1 aromatic carbocycles. The molecule has 0 saturated heterocycles. The topological polar surface area (TPSA) is 26.1 Å². The predicted molar refractivity (Wildman–Crippen MR) is 46.4 cm³/mol. The molecule has 0 bridgehead atoms. The molecule has 0 spiro atoms. The van der Waals surface area contributed by atoms with Crippen LogP contribution >= 0.6 is 0 Å². The molecule has 0 atom stereocenters. The second kappa shape index (κ2) is 4.52. The average molecular weight is 147 g/mol. The van der Waals surface area contributed by atoms with Crippen LogP contribution in [0.1, 0.15) is 0 Å². The smallest absolute Gasteiger partial charge is 0.0774 e. The zero-order chi connectivity index (χ0) is 7.94. The summed E-state index contributed by atoms with van der Waals surface area (Å²) in [4.78, 5) is 0. The number of rotatable bonds is 4. The third kappa shape index (κ3) is 2.87. The maximum Gasteiger partial charge on any atom is 0.0774 e. The van der Waals surface area contributed by atoms with Crippen LogP contribution in [0.15, 0.2) is 43.0 Å². The van der Waals surface area contributed by atoms with E-state index in [0.29, 0.717) is 6.54 Å². The first-order valence-corrected chi connectivity index (χ1v) is 3.53. The normalized spacial score (nSPS) is 9.09. The fraction of sp³-hybridized carbons (Fsp3) is 0.111. The van der Waals surface area contributed by atoms with Crippen LogP contribution in [0.4, 0.5) is 5.69 Å². The molecule has 2 heteroatoms. The lowest BCUT2D eigenvalue weighted by Gasteiger charge is -2.00. The second-order valence-corrected chi connectivity index (χ2v) is 2.10. The molecule has 0 unspecified atom stereocenters. The van der Waals surface area contributed by atoms with Gasteiger partial charge in [0.15, 0.2) is 0 Å². The zero-order valence-electron chi connectivity index (χ0n) is 6.33. The Morgan fingerprint density at radius 3 is 2.73 bits per heavy atom. The summed E-state index contributed by atoms with van der Waals surface area (Å²) in [6, 6.07) is 9.75. The molecule has 11 heavy (non-hydrogen) atoms. The van der Waals surface area contributed by atoms with Crippen LogP contribution in [-0.4, -0.2) is 6.54 Å². The fourth-order valence-electron chi connectivity index (χ4n) is 0.704. The second-order valence-electron chi connectivity index (χ2n) is 2.10. The Morgan fingerprint density at radius 2 is 2.09 bits per heavy atom. The summed E-state index contributed by atoms with van der Waals surface area (Å²) in [5.41, 5.74) is 7.87. The lowest BCUT2D eigenvalue weighted by atomic mass is 10.3. The molecule has 1 aromatic rings. The van der Waals surface area contributed by atoms with Gasteiger partial charge in [-0.2, -0.15) is 0 Å². The van der Waals surface area contributed by atoms with E-state index in [1.54, 1.807) is 6.08 Å². The van der Waals surface area contributed by atoms with Crippen molar-refractivity contribution < 1.29 is 0 Å². The number of para-hydroxylation sites is 1. The summed E-state index contributed by atoms with van der Waals surface area (Å²) in [5, 5.41) is 0. The van der Waals surface area contributed by atoms with Crippen molar-refractivity contribution in [1.82, 2.24) is 10.9 Å². The fourth-order valence-corrected chi connectivity index (χ4v) is 0.704. The van der Waals surface area contributed by atoms with E-state index in [4.69, 9.17) is 0 Å². The van der Waals surface area contributed by atoms with E-state index in [1.807, 2.05) is 30.3 Å². The summed E-state index contributed by atoms with van der Waals surface area (Å²) in [7, 11) is 0. The van der Waals surface area contributed by atoms with Gasteiger partial charge in [-0.1, -0.05) is 24.3 Å². The number of hydrogen-bond acceptors (Lipinski definition) is 1. The van der Waals surface area contributed by atoms with E-state index >= 15 is 0 Å². The van der Waals surface area contributed by atoms with Crippen molar-refractivity contribution in [3.05, 3.63) is 43.0 Å². The zero-order valence-corrected chi connectivity index (χ0v) is 6.33. The van der Waals surface area contributed by atoms with Crippen LogP contribution in [0.5, 0.6) is 0 Å². The number of nitrogens with one attached hydrogen (secondary N) is 1. The summed E-state index contributed by atoms with van der Waals surface area (Å²) in [6.07, 6.45) is 1.77. The molecule has 0 aliphatic heterocycles. The predicted octanol–water partition coefficient (Wildman–Crippen LogP) is 1.61. The van der Waals surface area contributed by atoms with Gasteiger partial charge < -0.3 is 0 Å². The van der Waals surface area contributed by atoms with E-state index in [2.05, 4.69) is 17.4 Å². The van der Waals surface area contributed by atoms with Crippen molar-refractivity contribution >= 4 is 5.69 Å². The first-order chi connectivity index (χ1) is 5.43. The number of nitrogens with zero attached hydrogens (tertiary/aromatic N) is 1. The molecule has 0 aliphatic rings. The quantitative estimate of drug-likeness (QED) is 0.391. The van der Waals surface area contributed by atoms with E-state index in [-0.39, 0.29) is 0 Å². The largest absolute Gasteiger partial charge is 0.210 e. The molecular formula is C9H11N2. The molecule has 1 rings (SSSR count). The standard InChI is InChI=1S/C9H11N2/c1-2-8-10-11-9-6-4-3-5-7-9/h2-7,10H,1,8H2. The third-order valence-corrected chi connectivity index (χ3v) is 1.20. The van der Waals surface area contributed by atoms with Crippen LogP contribution in [0.2, 0.25) is 0 Å². The molecule has 0 saturated carbocycles. The highest BCUT2D eigenvalue weighted by Gasteiger charge is 1.86. The first kappa shape index (κ1) is 7.82. The van der Waals surface area contributed by atoms with Gasteiger partial charge in [0, 0.05) is 6.54 Å². The van der Waals surface area contributed by atoms with Crippen LogP contribution in [0.3, 0.4) is 0 Å². The minimum atomic E-state index is 0.703. The molecule has 1 radical (unpaired) electrons. The van der Waals surface area contributed by atoms with Crippen LogP contribution in [0.25, 0.3) is 0 Å². The number of hydrogen-bond donors (Lipinski definition) is 1. The van der Waals surface area contributed by atoms with Gasteiger partial charge in [-0.3, -0.25) is 0 Å². The van der Waals surface area contributed by atoms with Gasteiger partial charge in [0.05, 0.1) is 5.69 Å². The van der Waals surface area contributed by atoms with Gasteiger partial charge in [0.2, 0.25) is 0 Å². The van der Waals surface area contributed by atoms with E-state index < -0.39 is 0 Å².